The van der Waals surface area contributed by atoms with Crippen molar-refractivity contribution >= 4 is 17.5 Å². The fourth-order valence-corrected chi connectivity index (χ4v) is 3.20. The molecule has 0 saturated heterocycles. The van der Waals surface area contributed by atoms with E-state index < -0.39 is 0 Å². The Morgan fingerprint density at radius 1 is 1.22 bits per heavy atom. The van der Waals surface area contributed by atoms with Crippen molar-refractivity contribution in [3.63, 3.8) is 0 Å². The Balaban J connectivity index is 2.07. The zero-order valence-electron chi connectivity index (χ0n) is 17.5. The second-order valence-corrected chi connectivity index (χ2v) is 8.02. The van der Waals surface area contributed by atoms with Crippen molar-refractivity contribution in [1.82, 2.24) is 24.8 Å². The number of nitrogens with zero attached hydrogens (tertiary/aromatic N) is 4. The number of aromatic nitrogens is 3. The van der Waals surface area contributed by atoms with Gasteiger partial charge in [0.25, 0.3) is 0 Å². The van der Waals surface area contributed by atoms with E-state index >= 15 is 0 Å². The zero-order valence-corrected chi connectivity index (χ0v) is 17.5. The van der Waals surface area contributed by atoms with E-state index in [0.29, 0.717) is 19.4 Å². The molecule has 2 aromatic rings. The molecule has 2 rings (SSSR count). The van der Waals surface area contributed by atoms with Crippen LogP contribution >= 0.6 is 0 Å². The topological polar surface area (TPSA) is 79.6 Å². The van der Waals surface area contributed by atoms with E-state index in [1.807, 2.05) is 59.0 Å². The minimum atomic E-state index is -0.309. The molecule has 0 fully saturated rings. The first kappa shape index (κ1) is 20.9. The molecule has 2 aromatic heterocycles. The maximum Gasteiger partial charge on any atom is 0.240 e. The maximum absolute atomic E-state index is 12.6. The molecule has 7 heteroatoms. The number of nitrogens with one attached hydrogen (secondary N) is 1. The lowest BCUT2D eigenvalue weighted by Crippen LogP contribution is -2.47. The van der Waals surface area contributed by atoms with Gasteiger partial charge in [-0.25, -0.2) is 9.50 Å². The van der Waals surface area contributed by atoms with Gasteiger partial charge in [-0.15, -0.1) is 0 Å². The second kappa shape index (κ2) is 8.06. The number of hydrogen-bond acceptors (Lipinski definition) is 4. The summed E-state index contributed by atoms with van der Waals surface area (Å²) >= 11 is 0. The SMILES string of the molecule is CCN(CC(=O)NC(C)(C)C)C(=O)CCc1c(C)nc2cc(C)nn2c1C. The Morgan fingerprint density at radius 3 is 2.48 bits per heavy atom. The number of likely N-dealkylation sites (N-methyl/N-ethyl adjacent to an activating group) is 1. The monoisotopic (exact) mass is 373 g/mol. The van der Waals surface area contributed by atoms with Gasteiger partial charge in [0, 0.05) is 36.0 Å². The molecule has 1 N–H and O–H groups in total. The molecule has 27 heavy (non-hydrogen) atoms. The quantitative estimate of drug-likeness (QED) is 0.843. The highest BCUT2D eigenvalue weighted by atomic mass is 16.2. The van der Waals surface area contributed by atoms with Gasteiger partial charge < -0.3 is 10.2 Å². The first-order chi connectivity index (χ1) is 12.5. The second-order valence-electron chi connectivity index (χ2n) is 8.02. The van der Waals surface area contributed by atoms with Crippen LogP contribution in [-0.4, -0.2) is 49.9 Å². The zero-order chi connectivity index (χ0) is 20.4. The van der Waals surface area contributed by atoms with Crippen LogP contribution in [-0.2, 0) is 16.0 Å². The Hall–Kier alpha value is -2.44. The number of amides is 2. The molecule has 0 radical (unpaired) electrons. The van der Waals surface area contributed by atoms with Crippen LogP contribution in [0.25, 0.3) is 5.65 Å². The Kier molecular flexibility index (Phi) is 6.23. The third-order valence-electron chi connectivity index (χ3n) is 4.46. The normalized spacial score (nSPS) is 11.7. The van der Waals surface area contributed by atoms with E-state index in [1.165, 1.54) is 0 Å². The smallest absolute Gasteiger partial charge is 0.240 e. The molecular formula is C20H31N5O2. The van der Waals surface area contributed by atoms with Gasteiger partial charge in [-0.3, -0.25) is 9.59 Å². The average molecular weight is 374 g/mol. The van der Waals surface area contributed by atoms with Crippen LogP contribution in [0, 0.1) is 20.8 Å². The molecule has 0 atom stereocenters. The van der Waals surface area contributed by atoms with Crippen molar-refractivity contribution < 1.29 is 9.59 Å². The number of fused-ring (bicyclic) bond motifs is 1. The molecule has 0 bridgehead atoms. The summed E-state index contributed by atoms with van der Waals surface area (Å²) in [6, 6.07) is 1.95. The van der Waals surface area contributed by atoms with E-state index in [2.05, 4.69) is 15.4 Å². The van der Waals surface area contributed by atoms with E-state index in [-0.39, 0.29) is 23.9 Å². The predicted octanol–water partition coefficient (Wildman–Crippen LogP) is 2.35. The highest BCUT2D eigenvalue weighted by Gasteiger charge is 2.20. The molecular weight excluding hydrogens is 342 g/mol. The first-order valence-electron chi connectivity index (χ1n) is 9.43. The Bertz CT molecular complexity index is 848. The van der Waals surface area contributed by atoms with Crippen LogP contribution in [0.15, 0.2) is 6.07 Å². The largest absolute Gasteiger partial charge is 0.350 e. The summed E-state index contributed by atoms with van der Waals surface area (Å²) < 4.78 is 1.83. The minimum Gasteiger partial charge on any atom is -0.350 e. The Morgan fingerprint density at radius 2 is 1.89 bits per heavy atom. The molecule has 7 nitrogen and oxygen atoms in total. The molecule has 0 aliphatic rings. The van der Waals surface area contributed by atoms with Gasteiger partial charge in [0.2, 0.25) is 11.8 Å². The van der Waals surface area contributed by atoms with Crippen LogP contribution in [0.4, 0.5) is 0 Å². The summed E-state index contributed by atoms with van der Waals surface area (Å²) in [5.74, 6) is -0.169. The van der Waals surface area contributed by atoms with Crippen LogP contribution < -0.4 is 5.32 Å². The lowest BCUT2D eigenvalue weighted by molar-refractivity contribution is -0.136. The van der Waals surface area contributed by atoms with Gasteiger partial charge in [-0.2, -0.15) is 5.10 Å². The molecule has 148 valence electrons. The molecule has 2 heterocycles. The van der Waals surface area contributed by atoms with Gasteiger partial charge in [0.1, 0.15) is 0 Å². The summed E-state index contributed by atoms with van der Waals surface area (Å²) in [4.78, 5) is 31.0. The molecule has 2 amide bonds. The van der Waals surface area contributed by atoms with Crippen molar-refractivity contribution in [2.75, 3.05) is 13.1 Å². The molecule has 0 aromatic carbocycles. The van der Waals surface area contributed by atoms with E-state index in [0.717, 1.165) is 28.3 Å². The third kappa shape index (κ3) is 5.28. The van der Waals surface area contributed by atoms with Crippen molar-refractivity contribution in [2.24, 2.45) is 0 Å². The Labute approximate surface area is 161 Å². The number of rotatable bonds is 6. The molecule has 0 unspecified atom stereocenters. The summed E-state index contributed by atoms with van der Waals surface area (Å²) in [6.07, 6.45) is 0.918. The standard InChI is InChI=1S/C20H31N5O2/c1-8-24(12-18(26)22-20(5,6)7)19(27)10-9-16-14(3)21-17-11-13(2)23-25(17)15(16)4/h11H,8-10,12H2,1-7H3,(H,22,26). The highest BCUT2D eigenvalue weighted by Crippen LogP contribution is 2.17. The van der Waals surface area contributed by atoms with Crippen molar-refractivity contribution in [1.29, 1.82) is 0 Å². The molecule has 0 spiro atoms. The molecule has 0 saturated carbocycles. The number of hydrogen-bond donors (Lipinski definition) is 1. The van der Waals surface area contributed by atoms with E-state index in [1.54, 1.807) is 4.90 Å². The first-order valence-corrected chi connectivity index (χ1v) is 9.43. The lowest BCUT2D eigenvalue weighted by Gasteiger charge is -2.25. The van der Waals surface area contributed by atoms with Crippen LogP contribution in [0.3, 0.4) is 0 Å². The number of carbonyl (C=O) groups excluding carboxylic acids is 2. The fraction of sp³-hybridized carbons (Fsp3) is 0.600. The van der Waals surface area contributed by atoms with Crippen LogP contribution in [0.5, 0.6) is 0 Å². The van der Waals surface area contributed by atoms with Crippen molar-refractivity contribution in [3.05, 3.63) is 28.7 Å². The summed E-state index contributed by atoms with van der Waals surface area (Å²) in [5.41, 5.74) is 4.39. The summed E-state index contributed by atoms with van der Waals surface area (Å²) in [7, 11) is 0. The van der Waals surface area contributed by atoms with Crippen molar-refractivity contribution in [2.45, 2.75) is 66.8 Å². The average Bonchev–Trinajstić information content (AvgIpc) is 2.90. The minimum absolute atomic E-state index is 0.0305. The maximum atomic E-state index is 12.6. The fourth-order valence-electron chi connectivity index (χ4n) is 3.20. The van der Waals surface area contributed by atoms with Gasteiger partial charge in [0.15, 0.2) is 5.65 Å². The third-order valence-corrected chi connectivity index (χ3v) is 4.46. The van der Waals surface area contributed by atoms with Gasteiger partial charge in [0.05, 0.1) is 12.2 Å². The number of aryl methyl sites for hydroxylation is 3. The predicted molar refractivity (Wildman–Crippen MR) is 106 cm³/mol. The van der Waals surface area contributed by atoms with Crippen LogP contribution in [0.2, 0.25) is 0 Å². The number of carbonyl (C=O) groups is 2. The molecule has 0 aliphatic carbocycles. The van der Waals surface area contributed by atoms with Gasteiger partial charge in [-0.05, 0) is 60.5 Å². The molecule has 0 aliphatic heterocycles. The van der Waals surface area contributed by atoms with Gasteiger partial charge >= 0.3 is 0 Å². The summed E-state index contributed by atoms with van der Waals surface area (Å²) in [5, 5.41) is 7.37. The lowest BCUT2D eigenvalue weighted by atomic mass is 10.1. The highest BCUT2D eigenvalue weighted by molar-refractivity contribution is 5.85. The van der Waals surface area contributed by atoms with Crippen molar-refractivity contribution in [3.8, 4) is 0 Å². The summed E-state index contributed by atoms with van der Waals surface area (Å²) in [6.45, 7) is 14.2. The van der Waals surface area contributed by atoms with E-state index in [4.69, 9.17) is 0 Å². The van der Waals surface area contributed by atoms with E-state index in [9.17, 15) is 9.59 Å². The van der Waals surface area contributed by atoms with Gasteiger partial charge in [-0.1, -0.05) is 0 Å². The van der Waals surface area contributed by atoms with Crippen LogP contribution in [0.1, 0.15) is 56.8 Å².